The van der Waals surface area contributed by atoms with E-state index in [2.05, 4.69) is 174 Å². The molecule has 0 saturated carbocycles. The number of carbonyl (C=O) groups excluding carboxylic acids is 4. The molecule has 3 aliphatic heterocycles. The van der Waals surface area contributed by atoms with Crippen LogP contribution < -0.4 is 0 Å². The van der Waals surface area contributed by atoms with E-state index in [0.29, 0.717) is 36.0 Å². The molecule has 3 fully saturated rings. The lowest BCUT2D eigenvalue weighted by atomic mass is 9.77. The quantitative estimate of drug-likeness (QED) is 0.0487. The molecule has 0 aromatic heterocycles. The molecule has 3 spiro atoms. The van der Waals surface area contributed by atoms with E-state index in [1.807, 2.05) is 97.4 Å². The van der Waals surface area contributed by atoms with Crippen LogP contribution in [0.1, 0.15) is 235 Å². The molecule has 13 nitrogen and oxygen atoms in total. The Balaban J connectivity index is 0.000000494. The molecule has 3 saturated heterocycles. The predicted octanol–water partition coefficient (Wildman–Crippen LogP) is 25.4. The van der Waals surface area contributed by atoms with Crippen molar-refractivity contribution in [2.24, 2.45) is 41.4 Å². The number of halogens is 1. The van der Waals surface area contributed by atoms with Gasteiger partial charge in [-0.25, -0.2) is 0 Å². The number of allylic oxidation sites excluding steroid dienone is 24. The Morgan fingerprint density at radius 2 is 0.681 bits per heavy atom. The number of aliphatic hydroxyl groups is 1. The maximum Gasteiger partial charge on any atom is 0.204 e. The van der Waals surface area contributed by atoms with Gasteiger partial charge in [0, 0.05) is 69.9 Å². The highest BCUT2D eigenvalue weighted by molar-refractivity contribution is 9.09. The maximum absolute atomic E-state index is 13.2. The van der Waals surface area contributed by atoms with Gasteiger partial charge in [0.15, 0.2) is 23.0 Å². The first kappa shape index (κ1) is 105. The van der Waals surface area contributed by atoms with E-state index in [1.54, 1.807) is 42.7 Å². The third-order valence-corrected chi connectivity index (χ3v) is 33.1. The molecule has 3 heterocycles. The summed E-state index contributed by atoms with van der Waals surface area (Å²) in [5, 5.41) is 11.3. The van der Waals surface area contributed by atoms with E-state index in [9.17, 15) is 24.3 Å². The van der Waals surface area contributed by atoms with E-state index in [-0.39, 0.29) is 89.8 Å². The predicted molar refractivity (Wildman–Crippen MR) is 495 cm³/mol. The van der Waals surface area contributed by atoms with Crippen molar-refractivity contribution in [2.45, 2.75) is 253 Å². The third kappa shape index (κ3) is 31.3. The Morgan fingerprint density at radius 3 is 0.982 bits per heavy atom. The molecule has 4 aliphatic carbocycles. The van der Waals surface area contributed by atoms with Crippen molar-refractivity contribution in [3.05, 3.63) is 163 Å². The number of hydrogen-bond acceptors (Lipinski definition) is 19. The van der Waals surface area contributed by atoms with Gasteiger partial charge >= 0.3 is 0 Å². The van der Waals surface area contributed by atoms with Gasteiger partial charge in [0.05, 0.1) is 56.9 Å². The van der Waals surface area contributed by atoms with E-state index < -0.39 is 6.10 Å². The molecule has 8 atom stereocenters. The van der Waals surface area contributed by atoms with Crippen LogP contribution in [-0.2, 0) is 57.1 Å². The third-order valence-electron chi connectivity index (χ3n) is 21.5. The van der Waals surface area contributed by atoms with Crippen molar-refractivity contribution in [3.8, 4) is 0 Å². The molecule has 8 unspecified atom stereocenters. The smallest absolute Gasteiger partial charge is 0.204 e. The number of rotatable bonds is 33. The number of ketones is 4. The minimum Gasteiger partial charge on any atom is -0.495 e. The Labute approximate surface area is 720 Å². The van der Waals surface area contributed by atoms with Gasteiger partial charge in [-0.05, 0) is 211 Å². The lowest BCUT2D eigenvalue weighted by molar-refractivity contribution is -0.128. The van der Waals surface area contributed by atoms with Crippen LogP contribution in [0, 0.1) is 41.4 Å². The van der Waals surface area contributed by atoms with Crippen LogP contribution in [-0.4, -0.2) is 143 Å². The van der Waals surface area contributed by atoms with Crippen LogP contribution in [0.25, 0.3) is 0 Å². The van der Waals surface area contributed by atoms with E-state index in [0.717, 1.165) is 121 Å². The van der Waals surface area contributed by atoms with Crippen molar-refractivity contribution in [1.82, 2.24) is 0 Å². The first-order valence-electron chi connectivity index (χ1n) is 40.2. The first-order valence-corrected chi connectivity index (χ1v) is 47.2. The molecule has 113 heavy (non-hydrogen) atoms. The van der Waals surface area contributed by atoms with Gasteiger partial charge in [-0.15, -0.1) is 70.6 Å². The van der Waals surface area contributed by atoms with Gasteiger partial charge in [0.2, 0.25) is 46.2 Å². The second kappa shape index (κ2) is 54.2. The lowest BCUT2D eigenvalue weighted by Gasteiger charge is -2.42. The topological polar surface area (TPSA) is 162 Å². The molecule has 0 radical (unpaired) electrons. The van der Waals surface area contributed by atoms with Gasteiger partial charge < -0.3 is 43.0 Å². The summed E-state index contributed by atoms with van der Waals surface area (Å²) in [6.45, 7) is 38.5. The molecule has 1 N–H and O–H groups in total. The second-order valence-electron chi connectivity index (χ2n) is 31.2. The number of carbonyl (C=O) groups is 4. The van der Waals surface area contributed by atoms with Gasteiger partial charge in [0.25, 0.3) is 0 Å². The molecule has 0 aromatic rings. The van der Waals surface area contributed by atoms with Crippen LogP contribution >= 0.6 is 86.5 Å². The average molecular weight is 1750 g/mol. The van der Waals surface area contributed by atoms with Crippen molar-refractivity contribution in [1.29, 1.82) is 0 Å². The first-order chi connectivity index (χ1) is 53.2. The monoisotopic (exact) mass is 1740 g/mol. The van der Waals surface area contributed by atoms with Gasteiger partial charge in [0.1, 0.15) is 18.3 Å². The van der Waals surface area contributed by atoms with E-state index in [1.165, 1.54) is 95.6 Å². The number of Topliss-reactive ketones (excluding diaryl/α,β-unsaturated/α-hetero) is 4. The summed E-state index contributed by atoms with van der Waals surface area (Å²) in [7, 11) is 12.5. The van der Waals surface area contributed by atoms with Crippen molar-refractivity contribution in [3.63, 3.8) is 0 Å². The summed E-state index contributed by atoms with van der Waals surface area (Å²) < 4.78 is 42.9. The number of hydrogen-bond donors (Lipinski definition) is 1. The summed E-state index contributed by atoms with van der Waals surface area (Å²) >= 11 is 14.8. The van der Waals surface area contributed by atoms with Crippen LogP contribution in [0.4, 0.5) is 0 Å². The number of aliphatic hydroxyl groups excluding tert-OH is 1. The largest absolute Gasteiger partial charge is 0.495 e. The highest BCUT2D eigenvalue weighted by Gasteiger charge is 2.58. The van der Waals surface area contributed by atoms with Gasteiger partial charge in [-0.3, -0.25) is 19.2 Å². The van der Waals surface area contributed by atoms with E-state index in [4.69, 9.17) is 37.9 Å². The van der Waals surface area contributed by atoms with Crippen LogP contribution in [0.3, 0.4) is 0 Å². The van der Waals surface area contributed by atoms with Crippen LogP contribution in [0.5, 0.6) is 0 Å². The number of methoxy groups -OCH3 is 8. The number of ether oxygens (including phenoxy) is 8. The summed E-state index contributed by atoms with van der Waals surface area (Å²) in [6.07, 6.45) is 38.2. The Morgan fingerprint density at radius 1 is 0.381 bits per heavy atom. The molecule has 640 valence electrons. The zero-order chi connectivity index (χ0) is 84.1. The van der Waals surface area contributed by atoms with E-state index >= 15 is 0 Å². The van der Waals surface area contributed by atoms with Crippen molar-refractivity contribution < 1.29 is 62.2 Å². The molecule has 20 heteroatoms. The molecule has 0 aromatic carbocycles. The minimum atomic E-state index is -0.798. The zero-order valence-electron chi connectivity index (χ0n) is 73.3. The van der Waals surface area contributed by atoms with Gasteiger partial charge in [-0.2, -0.15) is 0 Å². The summed E-state index contributed by atoms with van der Waals surface area (Å²) in [6, 6.07) is 0. The standard InChI is InChI=1S/2C26H40O3S2.C15H25Br.C14H22O4.C11H16O3S2.CH4/c2*1-18(2)10-8-11-19(3)12-9-13-20(4)14-15-22-21(5)26(30-16-17-31-26)25(29-7)24(28-6)23(22)27;1-13(2)7-5-8-14(3)9-6-10-15(4)11-12-16;1-8(2)6-7-10-9(3)11(15)13(17-4)14(18-5)12(10)16;1-7-6-8(12)9(13-2)10(14-3)11(7)15-4-5-16-11;/h2*10,12,14,21-22H,8-9,11,13,15-17H2,1-7H3;7,9,11H,5-6,8,10,12H2,1-4H3;6,9-10,12,16H,7H2,1-5H3;7H,4-6H2,1-3H3;1H4/b2*19-12+,20-14+;14-9+,15-11+;;;. The van der Waals surface area contributed by atoms with Gasteiger partial charge in [-0.1, -0.05) is 168 Å². The minimum absolute atomic E-state index is 0. The highest BCUT2D eigenvalue weighted by Crippen LogP contribution is 2.62. The lowest BCUT2D eigenvalue weighted by Crippen LogP contribution is -2.45. The van der Waals surface area contributed by atoms with Crippen LogP contribution in [0.2, 0.25) is 0 Å². The molecule has 0 bridgehead atoms. The highest BCUT2D eigenvalue weighted by atomic mass is 79.9. The van der Waals surface area contributed by atoms with Crippen LogP contribution in [0.15, 0.2) is 163 Å². The van der Waals surface area contributed by atoms with Crippen molar-refractivity contribution >= 4 is 110 Å². The summed E-state index contributed by atoms with van der Waals surface area (Å²) in [5.41, 5.74) is 14.0. The normalized spacial score (nSPS) is 23.5. The fourth-order valence-corrected chi connectivity index (χ4v) is 25.9. The Bertz CT molecular complexity index is 3380. The van der Waals surface area contributed by atoms with Crippen molar-refractivity contribution in [2.75, 3.05) is 96.7 Å². The average Bonchev–Trinajstić information content (AvgIpc) is 1.72. The Hall–Kier alpha value is -4.02. The SMILES string of the molecule is C.CC(C)=CCC/C(C)=C/CC/C(C)=C/CBr.COC1=C(OC)C(O)C(CC=C(C)C)C(C)C1=O.COC1=C(OC)C2(SCCS2)C(C)C(C/C=C(\C)CC/C=C(\C)CCC=C(C)C)C1=O.COC1=C(OC)C2(SCCS2)C(C)C(C/C=C(\C)CC/C=C(\C)CCC=C(C)C)C1=O.COC1=C(OC)C2(SCCS2)C(C)CC1=O. The second-order valence-corrected chi connectivity index (χ2v) is 40.7. The molecular weight excluding hydrogens is 1600 g/mol. The molecule has 7 rings (SSSR count). The fraction of sp³-hybridized carbons (Fsp3) is 0.656. The maximum atomic E-state index is 13.2. The molecule has 0 amide bonds. The summed E-state index contributed by atoms with van der Waals surface area (Å²) in [5.74, 6) is 10.6. The fourth-order valence-electron chi connectivity index (χ4n) is 14.7. The Kier molecular flexibility index (Phi) is 50.4. The molecular formula is C93H147BrO13S6. The molecule has 7 aliphatic rings. The zero-order valence-corrected chi connectivity index (χ0v) is 79.8. The number of thioether (sulfide) groups is 6. The number of alkyl halides is 1. The summed E-state index contributed by atoms with van der Waals surface area (Å²) in [4.78, 5) is 50.4.